The van der Waals surface area contributed by atoms with Crippen LogP contribution in [0.5, 0.6) is 0 Å². The second-order valence-electron chi connectivity index (χ2n) is 10.8. The maximum absolute atomic E-state index is 12.3. The van der Waals surface area contributed by atoms with E-state index in [1.165, 1.54) is 5.56 Å². The Morgan fingerprint density at radius 2 is 1.83 bits per heavy atom. The van der Waals surface area contributed by atoms with E-state index in [4.69, 9.17) is 4.98 Å². The third-order valence-corrected chi connectivity index (χ3v) is 8.55. The summed E-state index contributed by atoms with van der Waals surface area (Å²) >= 11 is 0. The Labute approximate surface area is 252 Å². The van der Waals surface area contributed by atoms with Crippen LogP contribution >= 0.6 is 8.58 Å². The monoisotopic (exact) mass is 584 g/mol. The van der Waals surface area contributed by atoms with Gasteiger partial charge in [0.2, 0.25) is 5.91 Å². The number of aromatic nitrogens is 3. The summed E-state index contributed by atoms with van der Waals surface area (Å²) in [7, 11) is 0.614. The van der Waals surface area contributed by atoms with E-state index in [1.54, 1.807) is 0 Å². The molecule has 8 heteroatoms. The van der Waals surface area contributed by atoms with Crippen molar-refractivity contribution in [3.8, 4) is 11.3 Å². The molecule has 0 spiro atoms. The molecule has 42 heavy (non-hydrogen) atoms. The van der Waals surface area contributed by atoms with Gasteiger partial charge in [-0.15, -0.1) is 0 Å². The van der Waals surface area contributed by atoms with Gasteiger partial charge in [0, 0.05) is 59.8 Å². The number of carbonyl (C=O) groups is 1. The third-order valence-electron chi connectivity index (χ3n) is 7.66. The Bertz CT molecular complexity index is 1520. The van der Waals surface area contributed by atoms with Crippen molar-refractivity contribution in [2.75, 3.05) is 30.4 Å². The predicted octanol–water partition coefficient (Wildman–Crippen LogP) is 7.10. The molecular weight excluding hydrogens is 539 g/mol. The number of nitrogens with zero attached hydrogens (tertiary/aromatic N) is 4. The molecule has 2 aromatic heterocycles. The first-order chi connectivity index (χ1) is 20.3. The van der Waals surface area contributed by atoms with Crippen molar-refractivity contribution < 1.29 is 4.79 Å². The largest absolute Gasteiger partial charge is 0.366 e. The Kier molecular flexibility index (Phi) is 10.8. The van der Waals surface area contributed by atoms with Crippen molar-refractivity contribution in [3.05, 3.63) is 84.2 Å². The molecule has 1 atom stereocenters. The Hall–Kier alpha value is -3.70. The molecule has 1 amide bonds. The van der Waals surface area contributed by atoms with Gasteiger partial charge in [0.1, 0.15) is 5.82 Å². The van der Waals surface area contributed by atoms with E-state index >= 15 is 0 Å². The number of likely N-dealkylation sites (tertiary alicyclic amines) is 1. The molecule has 0 radical (unpaired) electrons. The zero-order chi connectivity index (χ0) is 30.2. The summed E-state index contributed by atoms with van der Waals surface area (Å²) in [4.78, 5) is 19.3. The van der Waals surface area contributed by atoms with Gasteiger partial charge in [-0.25, -0.2) is 4.98 Å². The van der Waals surface area contributed by atoms with E-state index in [-0.39, 0.29) is 11.8 Å². The lowest BCUT2D eigenvalue weighted by molar-refractivity contribution is -0.135. The number of aryl methyl sites for hydroxylation is 1. The van der Waals surface area contributed by atoms with E-state index in [1.807, 2.05) is 43.3 Å². The van der Waals surface area contributed by atoms with Gasteiger partial charge in [-0.3, -0.25) is 4.79 Å². The van der Waals surface area contributed by atoms with Crippen LogP contribution in [0.25, 0.3) is 16.9 Å². The van der Waals surface area contributed by atoms with Gasteiger partial charge in [-0.05, 0) is 49.7 Å². The average Bonchev–Trinajstić information content (AvgIpc) is 3.44. The number of allylic oxidation sites excluding steroid dienone is 1. The van der Waals surface area contributed by atoms with Crippen LogP contribution < -0.4 is 15.9 Å². The molecule has 0 bridgehead atoms. The van der Waals surface area contributed by atoms with Crippen LogP contribution in [0.4, 0.5) is 11.5 Å². The van der Waals surface area contributed by atoms with Crippen LogP contribution in [-0.4, -0.2) is 45.2 Å². The number of hydrogen-bond donors (Lipinski definition) is 2. The first-order valence-corrected chi connectivity index (χ1v) is 16.5. The minimum absolute atomic E-state index is 0.0499. The van der Waals surface area contributed by atoms with E-state index < -0.39 is 0 Å². The molecular formula is C34H45N6OP. The average molecular weight is 585 g/mol. The number of amides is 1. The summed E-state index contributed by atoms with van der Waals surface area (Å²) in [5.41, 5.74) is 7.37. The summed E-state index contributed by atoms with van der Waals surface area (Å²) in [5, 5.41) is 13.0. The fraction of sp³-hybridized carbons (Fsp3) is 0.382. The summed E-state index contributed by atoms with van der Waals surface area (Å²) < 4.78 is 1.91. The zero-order valence-electron chi connectivity index (χ0n) is 25.9. The van der Waals surface area contributed by atoms with Crippen LogP contribution in [-0.2, 0) is 11.3 Å². The first kappa shape index (κ1) is 31.2. The summed E-state index contributed by atoms with van der Waals surface area (Å²) in [6, 6.07) is 18.9. The highest BCUT2D eigenvalue weighted by molar-refractivity contribution is 7.46. The fourth-order valence-electron chi connectivity index (χ4n) is 5.32. The van der Waals surface area contributed by atoms with Gasteiger partial charge in [-0.1, -0.05) is 79.3 Å². The summed E-state index contributed by atoms with van der Waals surface area (Å²) in [6.07, 6.45) is 3.81. The van der Waals surface area contributed by atoms with E-state index in [9.17, 15) is 4.79 Å². The van der Waals surface area contributed by atoms with E-state index in [0.29, 0.717) is 21.0 Å². The number of fused-ring (bicyclic) bond motifs is 1. The molecule has 5 rings (SSSR count). The lowest BCUT2D eigenvalue weighted by Crippen LogP contribution is -2.41. The molecule has 1 fully saturated rings. The number of piperidine rings is 1. The van der Waals surface area contributed by atoms with Crippen LogP contribution in [0, 0.1) is 18.8 Å². The Morgan fingerprint density at radius 3 is 2.52 bits per heavy atom. The second kappa shape index (κ2) is 14.5. The van der Waals surface area contributed by atoms with Crippen molar-refractivity contribution in [1.82, 2.24) is 19.5 Å². The van der Waals surface area contributed by atoms with E-state index in [0.717, 1.165) is 70.9 Å². The third kappa shape index (κ3) is 7.19. The van der Waals surface area contributed by atoms with Gasteiger partial charge in [0.25, 0.3) is 0 Å². The first-order valence-electron chi connectivity index (χ1n) is 15.0. The number of rotatable bonds is 9. The van der Waals surface area contributed by atoms with Gasteiger partial charge >= 0.3 is 0 Å². The van der Waals surface area contributed by atoms with Crippen molar-refractivity contribution in [1.29, 1.82) is 0 Å². The lowest BCUT2D eigenvalue weighted by atomic mass is 9.93. The van der Waals surface area contributed by atoms with Gasteiger partial charge < -0.3 is 15.5 Å². The number of anilines is 2. The minimum atomic E-state index is 0.0499. The maximum Gasteiger partial charge on any atom is 0.225 e. The molecule has 1 aliphatic heterocycles. The molecule has 1 aliphatic rings. The fourth-order valence-corrected chi connectivity index (χ4v) is 5.89. The van der Waals surface area contributed by atoms with Crippen LogP contribution in [0.2, 0.25) is 0 Å². The quantitative estimate of drug-likeness (QED) is 0.205. The molecule has 7 nitrogen and oxygen atoms in total. The SMILES string of the molecule is C=C(Nc1cccc(CNc2cc(-c3ccccc3C)nc3c(PC)cnn23)c1)C1CCN(C(=O)C(C)C)CC1.CC. The molecule has 3 heterocycles. The topological polar surface area (TPSA) is 74.6 Å². The second-order valence-corrected chi connectivity index (χ2v) is 11.9. The normalized spacial score (nSPS) is 13.8. The number of nitrogens with one attached hydrogen (secondary N) is 2. The number of hydrogen-bond acceptors (Lipinski definition) is 5. The molecule has 0 saturated carbocycles. The van der Waals surface area contributed by atoms with Crippen molar-refractivity contribution >= 4 is 36.9 Å². The number of benzene rings is 2. The molecule has 2 aromatic carbocycles. The standard InChI is InChI=1S/C32H39N6OP.C2H6/c1-21(2)32(39)37-15-13-25(14-16-37)23(4)35-26-11-8-10-24(17-26)19-33-30-18-28(27-12-7-6-9-22(27)3)36-31-29(40-5)20-34-38(30)31;1-2/h6-12,17-18,20-21,25,33,35,40H,4,13-16,19H2,1-3,5H3;1-2H3. The Morgan fingerprint density at radius 1 is 1.10 bits per heavy atom. The minimum Gasteiger partial charge on any atom is -0.366 e. The van der Waals surface area contributed by atoms with Crippen LogP contribution in [0.1, 0.15) is 51.7 Å². The summed E-state index contributed by atoms with van der Waals surface area (Å²) in [6.45, 7) is 18.8. The van der Waals surface area contributed by atoms with Crippen LogP contribution in [0.15, 0.2) is 73.1 Å². The van der Waals surface area contributed by atoms with Gasteiger partial charge in [0.15, 0.2) is 5.65 Å². The van der Waals surface area contributed by atoms with Gasteiger partial charge in [-0.2, -0.15) is 9.61 Å². The van der Waals surface area contributed by atoms with E-state index in [2.05, 4.69) is 90.5 Å². The molecule has 222 valence electrons. The highest BCUT2D eigenvalue weighted by Gasteiger charge is 2.25. The zero-order valence-corrected chi connectivity index (χ0v) is 26.9. The summed E-state index contributed by atoms with van der Waals surface area (Å²) in [5.74, 6) is 1.57. The van der Waals surface area contributed by atoms with Crippen molar-refractivity contribution in [2.45, 2.75) is 54.0 Å². The molecule has 1 unspecified atom stereocenters. The molecule has 1 saturated heterocycles. The predicted molar refractivity (Wildman–Crippen MR) is 179 cm³/mol. The van der Waals surface area contributed by atoms with Crippen LogP contribution in [0.3, 0.4) is 0 Å². The van der Waals surface area contributed by atoms with Crippen molar-refractivity contribution in [2.24, 2.45) is 11.8 Å². The smallest absolute Gasteiger partial charge is 0.225 e. The highest BCUT2D eigenvalue weighted by Crippen LogP contribution is 2.28. The van der Waals surface area contributed by atoms with Gasteiger partial charge in [0.05, 0.1) is 11.9 Å². The molecule has 0 aliphatic carbocycles. The molecule has 4 aromatic rings. The lowest BCUT2D eigenvalue weighted by Gasteiger charge is -2.34. The van der Waals surface area contributed by atoms with Crippen molar-refractivity contribution in [3.63, 3.8) is 0 Å². The maximum atomic E-state index is 12.3. The number of carbonyl (C=O) groups excluding carboxylic acids is 1. The molecule has 2 N–H and O–H groups in total. The highest BCUT2D eigenvalue weighted by atomic mass is 31.1. The Balaban J connectivity index is 0.00000198.